The highest BCUT2D eigenvalue weighted by Crippen LogP contribution is 2.48. The van der Waals surface area contributed by atoms with Crippen LogP contribution < -0.4 is 10.2 Å². The van der Waals surface area contributed by atoms with Gasteiger partial charge in [0, 0.05) is 39.3 Å². The van der Waals surface area contributed by atoms with Crippen LogP contribution in [0.5, 0.6) is 0 Å². The Hall–Kier alpha value is -1.86. The van der Waals surface area contributed by atoms with Crippen LogP contribution in [0.2, 0.25) is 0 Å². The second-order valence-corrected chi connectivity index (χ2v) is 10.3. The number of piperazine rings is 1. The maximum atomic E-state index is 12.5. The van der Waals surface area contributed by atoms with Crippen LogP contribution in [0.25, 0.3) is 0 Å². The number of ether oxygens (including phenoxy) is 1. The van der Waals surface area contributed by atoms with E-state index in [0.29, 0.717) is 0 Å². The SMILES string of the molecule is CCN1CCN(c2cccc(C3NCCC34CCN(C(=O)OC(C)(C)C)CC4)n2)CC1. The molecule has 3 aliphatic rings. The number of anilines is 1. The Kier molecular flexibility index (Phi) is 6.44. The van der Waals surface area contributed by atoms with Gasteiger partial charge in [-0.1, -0.05) is 13.0 Å². The minimum Gasteiger partial charge on any atom is -0.444 e. The summed E-state index contributed by atoms with van der Waals surface area (Å²) < 4.78 is 5.59. The highest BCUT2D eigenvalue weighted by atomic mass is 16.6. The molecule has 7 heteroatoms. The Labute approximate surface area is 187 Å². The summed E-state index contributed by atoms with van der Waals surface area (Å²) in [7, 11) is 0. The highest BCUT2D eigenvalue weighted by Gasteiger charge is 2.47. The predicted molar refractivity (Wildman–Crippen MR) is 123 cm³/mol. The molecule has 7 nitrogen and oxygen atoms in total. The third kappa shape index (κ3) is 4.98. The summed E-state index contributed by atoms with van der Waals surface area (Å²) in [6, 6.07) is 6.74. The van der Waals surface area contributed by atoms with Gasteiger partial charge in [-0.2, -0.15) is 0 Å². The number of likely N-dealkylation sites (N-methyl/N-ethyl adjacent to an activating group) is 1. The largest absolute Gasteiger partial charge is 0.444 e. The number of pyridine rings is 1. The zero-order valence-corrected chi connectivity index (χ0v) is 19.7. The number of carbonyl (C=O) groups excluding carboxylic acids is 1. The molecule has 3 aliphatic heterocycles. The molecule has 1 aromatic rings. The number of likely N-dealkylation sites (tertiary alicyclic amines) is 1. The molecule has 0 aliphatic carbocycles. The fraction of sp³-hybridized carbons (Fsp3) is 0.750. The molecule has 0 saturated carbocycles. The van der Waals surface area contributed by atoms with Crippen molar-refractivity contribution in [1.29, 1.82) is 0 Å². The van der Waals surface area contributed by atoms with Gasteiger partial charge in [-0.25, -0.2) is 9.78 Å². The van der Waals surface area contributed by atoms with Crippen molar-refractivity contribution in [1.82, 2.24) is 20.1 Å². The van der Waals surface area contributed by atoms with Crippen molar-refractivity contribution in [3.63, 3.8) is 0 Å². The van der Waals surface area contributed by atoms with Crippen LogP contribution in [-0.4, -0.2) is 78.8 Å². The van der Waals surface area contributed by atoms with Gasteiger partial charge in [0.15, 0.2) is 0 Å². The topological polar surface area (TPSA) is 60.9 Å². The summed E-state index contributed by atoms with van der Waals surface area (Å²) in [6.45, 7) is 15.9. The fourth-order valence-corrected chi connectivity index (χ4v) is 5.31. The van der Waals surface area contributed by atoms with Crippen LogP contribution in [-0.2, 0) is 4.74 Å². The number of amides is 1. The number of nitrogens with one attached hydrogen (secondary N) is 1. The molecule has 3 saturated heterocycles. The van der Waals surface area contributed by atoms with Crippen LogP contribution in [0.4, 0.5) is 10.6 Å². The molecule has 0 radical (unpaired) electrons. The zero-order valence-electron chi connectivity index (χ0n) is 19.7. The summed E-state index contributed by atoms with van der Waals surface area (Å²) in [4.78, 5) is 24.4. The fourth-order valence-electron chi connectivity index (χ4n) is 5.31. The molecule has 1 atom stereocenters. The lowest BCUT2D eigenvalue weighted by atomic mass is 9.71. The van der Waals surface area contributed by atoms with Crippen molar-refractivity contribution >= 4 is 11.9 Å². The van der Waals surface area contributed by atoms with Crippen LogP contribution in [0, 0.1) is 5.41 Å². The third-order valence-corrected chi connectivity index (χ3v) is 7.19. The number of rotatable bonds is 3. The molecule has 1 amide bonds. The lowest BCUT2D eigenvalue weighted by molar-refractivity contribution is 0.00807. The van der Waals surface area contributed by atoms with E-state index in [0.717, 1.165) is 83.1 Å². The molecule has 0 aromatic carbocycles. The summed E-state index contributed by atoms with van der Waals surface area (Å²) >= 11 is 0. The molecule has 3 fully saturated rings. The maximum Gasteiger partial charge on any atom is 0.410 e. The zero-order chi connectivity index (χ0) is 22.1. The average Bonchev–Trinajstić information content (AvgIpc) is 3.16. The van der Waals surface area contributed by atoms with Crippen molar-refractivity contribution in [2.75, 3.05) is 57.3 Å². The van der Waals surface area contributed by atoms with Crippen molar-refractivity contribution in [3.05, 3.63) is 23.9 Å². The van der Waals surface area contributed by atoms with Gasteiger partial charge in [-0.3, -0.25) is 0 Å². The smallest absolute Gasteiger partial charge is 0.410 e. The minimum atomic E-state index is -0.448. The summed E-state index contributed by atoms with van der Waals surface area (Å²) in [5.41, 5.74) is 0.875. The van der Waals surface area contributed by atoms with Crippen LogP contribution in [0.3, 0.4) is 0 Å². The Morgan fingerprint density at radius 2 is 1.84 bits per heavy atom. The van der Waals surface area contributed by atoms with Crippen molar-refractivity contribution in [3.8, 4) is 0 Å². The van der Waals surface area contributed by atoms with Gasteiger partial charge in [0.2, 0.25) is 0 Å². The van der Waals surface area contributed by atoms with E-state index in [-0.39, 0.29) is 17.6 Å². The molecule has 31 heavy (non-hydrogen) atoms. The predicted octanol–water partition coefficient (Wildman–Crippen LogP) is 3.28. The van der Waals surface area contributed by atoms with Crippen LogP contribution in [0.15, 0.2) is 18.2 Å². The molecule has 4 rings (SSSR count). The molecule has 0 bridgehead atoms. The van der Waals surface area contributed by atoms with E-state index in [9.17, 15) is 4.79 Å². The first-order chi connectivity index (χ1) is 14.8. The van der Waals surface area contributed by atoms with E-state index in [1.54, 1.807) is 0 Å². The van der Waals surface area contributed by atoms with Crippen molar-refractivity contribution in [2.45, 2.75) is 58.6 Å². The monoisotopic (exact) mass is 429 g/mol. The van der Waals surface area contributed by atoms with E-state index < -0.39 is 5.60 Å². The Morgan fingerprint density at radius 1 is 1.13 bits per heavy atom. The minimum absolute atomic E-state index is 0.172. The Bertz CT molecular complexity index is 761. The second kappa shape index (κ2) is 8.94. The summed E-state index contributed by atoms with van der Waals surface area (Å²) in [6.07, 6.45) is 2.94. The van der Waals surface area contributed by atoms with Crippen LogP contribution in [0.1, 0.15) is 58.7 Å². The van der Waals surface area contributed by atoms with Crippen molar-refractivity contribution in [2.24, 2.45) is 5.41 Å². The second-order valence-electron chi connectivity index (χ2n) is 10.3. The average molecular weight is 430 g/mol. The first kappa shape index (κ1) is 22.3. The molecule has 4 heterocycles. The van der Waals surface area contributed by atoms with Gasteiger partial charge < -0.3 is 24.8 Å². The number of nitrogens with zero attached hydrogens (tertiary/aromatic N) is 4. The summed E-state index contributed by atoms with van der Waals surface area (Å²) in [5.74, 6) is 1.10. The molecule has 1 unspecified atom stereocenters. The summed E-state index contributed by atoms with van der Waals surface area (Å²) in [5, 5.41) is 3.74. The molecule has 1 spiro atoms. The lowest BCUT2D eigenvalue weighted by Gasteiger charge is -2.43. The van der Waals surface area contributed by atoms with E-state index in [4.69, 9.17) is 9.72 Å². The lowest BCUT2D eigenvalue weighted by Crippen LogP contribution is -2.47. The number of carbonyl (C=O) groups is 1. The van der Waals surface area contributed by atoms with Gasteiger partial charge in [0.1, 0.15) is 11.4 Å². The first-order valence-corrected chi connectivity index (χ1v) is 12.0. The van der Waals surface area contributed by atoms with E-state index in [1.807, 2.05) is 25.7 Å². The van der Waals surface area contributed by atoms with E-state index in [1.165, 1.54) is 0 Å². The van der Waals surface area contributed by atoms with E-state index in [2.05, 4.69) is 40.2 Å². The number of piperidine rings is 1. The first-order valence-electron chi connectivity index (χ1n) is 12.0. The molecular weight excluding hydrogens is 390 g/mol. The van der Waals surface area contributed by atoms with Gasteiger partial charge in [0.05, 0.1) is 11.7 Å². The van der Waals surface area contributed by atoms with Crippen LogP contribution >= 0.6 is 0 Å². The number of aromatic nitrogens is 1. The Morgan fingerprint density at radius 3 is 2.48 bits per heavy atom. The van der Waals surface area contributed by atoms with Gasteiger partial charge in [-0.15, -0.1) is 0 Å². The van der Waals surface area contributed by atoms with E-state index >= 15 is 0 Å². The maximum absolute atomic E-state index is 12.5. The molecule has 172 valence electrons. The Balaban J connectivity index is 1.43. The number of hydrogen-bond acceptors (Lipinski definition) is 6. The quantitative estimate of drug-likeness (QED) is 0.796. The standard InChI is InChI=1S/C24H39N5O2/c1-5-27-15-17-28(18-16-27)20-8-6-7-19(26-20)21-24(9-12-25-21)10-13-29(14-11-24)22(30)31-23(2,3)4/h6-8,21,25H,5,9-18H2,1-4H3. The highest BCUT2D eigenvalue weighted by molar-refractivity contribution is 5.68. The van der Waals surface area contributed by atoms with Gasteiger partial charge in [0.25, 0.3) is 0 Å². The van der Waals surface area contributed by atoms with Gasteiger partial charge >= 0.3 is 6.09 Å². The molecular formula is C24H39N5O2. The third-order valence-electron chi connectivity index (χ3n) is 7.19. The molecule has 1 N–H and O–H groups in total. The number of hydrogen-bond donors (Lipinski definition) is 1. The van der Waals surface area contributed by atoms with Gasteiger partial charge in [-0.05, 0) is 70.7 Å². The van der Waals surface area contributed by atoms with Crippen molar-refractivity contribution < 1.29 is 9.53 Å². The normalized spacial score (nSPS) is 24.6. The molecule has 1 aromatic heterocycles.